The summed E-state index contributed by atoms with van der Waals surface area (Å²) in [4.78, 5) is 8.78. The van der Waals surface area contributed by atoms with Crippen LogP contribution in [0, 0.1) is 19.7 Å². The molecule has 0 atom stereocenters. The molecule has 0 fully saturated rings. The van der Waals surface area contributed by atoms with Crippen molar-refractivity contribution in [1.82, 2.24) is 25.3 Å². The first-order chi connectivity index (χ1) is 13.1. The summed E-state index contributed by atoms with van der Waals surface area (Å²) in [6, 6.07) is 12.9. The van der Waals surface area contributed by atoms with E-state index < -0.39 is 0 Å². The number of halogens is 1. The van der Waals surface area contributed by atoms with Crippen molar-refractivity contribution in [3.63, 3.8) is 0 Å². The first-order valence-corrected chi connectivity index (χ1v) is 9.28. The number of hydrogen-bond acceptors (Lipinski definition) is 6. The van der Waals surface area contributed by atoms with Gasteiger partial charge in [0.15, 0.2) is 5.82 Å². The minimum atomic E-state index is -0.294. The number of hydrogen-bond donors (Lipinski definition) is 1. The number of aromatic amines is 1. The van der Waals surface area contributed by atoms with Crippen molar-refractivity contribution >= 4 is 11.8 Å². The Kier molecular flexibility index (Phi) is 4.72. The highest BCUT2D eigenvalue weighted by Gasteiger charge is 2.12. The lowest BCUT2D eigenvalue weighted by Gasteiger charge is -1.97. The number of nitrogens with zero attached hydrogens (tertiary/aromatic N) is 4. The Bertz CT molecular complexity index is 1070. The first kappa shape index (κ1) is 17.4. The van der Waals surface area contributed by atoms with Crippen molar-refractivity contribution in [2.45, 2.75) is 24.8 Å². The molecule has 0 aliphatic carbocycles. The lowest BCUT2D eigenvalue weighted by Crippen LogP contribution is -1.87. The van der Waals surface area contributed by atoms with Crippen LogP contribution in [0.3, 0.4) is 0 Å². The van der Waals surface area contributed by atoms with E-state index >= 15 is 0 Å². The van der Waals surface area contributed by atoms with E-state index in [2.05, 4.69) is 25.3 Å². The molecule has 1 N–H and O–H groups in total. The maximum Gasteiger partial charge on any atom is 0.237 e. The Labute approximate surface area is 159 Å². The number of aromatic nitrogens is 5. The predicted octanol–water partition coefficient (Wildman–Crippen LogP) is 4.57. The molecule has 0 aliphatic heterocycles. The van der Waals surface area contributed by atoms with Crippen molar-refractivity contribution in [2.75, 3.05) is 0 Å². The normalized spacial score (nSPS) is 11.1. The molecule has 4 aromatic rings. The van der Waals surface area contributed by atoms with Gasteiger partial charge in [0, 0.05) is 11.1 Å². The van der Waals surface area contributed by atoms with Crippen LogP contribution in [0.25, 0.3) is 22.8 Å². The van der Waals surface area contributed by atoms with Crippen molar-refractivity contribution in [2.24, 2.45) is 0 Å². The Balaban J connectivity index is 1.43. The molecule has 0 radical (unpaired) electrons. The van der Waals surface area contributed by atoms with Gasteiger partial charge in [-0.1, -0.05) is 58.9 Å². The summed E-state index contributed by atoms with van der Waals surface area (Å²) in [5, 5.41) is 11.6. The molecule has 8 heteroatoms. The van der Waals surface area contributed by atoms with Crippen molar-refractivity contribution in [3.8, 4) is 22.8 Å². The highest BCUT2D eigenvalue weighted by atomic mass is 32.2. The number of benzene rings is 2. The zero-order valence-corrected chi connectivity index (χ0v) is 15.5. The molecule has 4 rings (SSSR count). The zero-order valence-electron chi connectivity index (χ0n) is 14.7. The van der Waals surface area contributed by atoms with Crippen LogP contribution in [0.2, 0.25) is 0 Å². The summed E-state index contributed by atoms with van der Waals surface area (Å²) in [5.74, 6) is 1.63. The zero-order chi connectivity index (χ0) is 18.8. The van der Waals surface area contributed by atoms with Crippen molar-refractivity contribution in [3.05, 3.63) is 65.3 Å². The second kappa shape index (κ2) is 7.32. The minimum absolute atomic E-state index is 0.294. The SMILES string of the molecule is Cc1ccc(-c2nc(SCc3nc(-c4ccc(C)c(F)c4)no3)n[nH]2)cc1. The molecule has 6 nitrogen and oxygen atoms in total. The van der Waals surface area contributed by atoms with Crippen LogP contribution in [0.5, 0.6) is 0 Å². The van der Waals surface area contributed by atoms with E-state index in [1.807, 2.05) is 31.2 Å². The van der Waals surface area contributed by atoms with Gasteiger partial charge in [-0.15, -0.1) is 5.10 Å². The number of rotatable bonds is 5. The minimum Gasteiger partial charge on any atom is -0.338 e. The lowest BCUT2D eigenvalue weighted by atomic mass is 10.1. The molecule has 0 unspecified atom stereocenters. The van der Waals surface area contributed by atoms with Gasteiger partial charge in [0.25, 0.3) is 0 Å². The van der Waals surface area contributed by atoms with Gasteiger partial charge < -0.3 is 4.52 Å². The highest BCUT2D eigenvalue weighted by Crippen LogP contribution is 2.24. The average Bonchev–Trinajstić information content (AvgIpc) is 3.32. The third-order valence-corrected chi connectivity index (χ3v) is 4.84. The maximum atomic E-state index is 13.7. The van der Waals surface area contributed by atoms with E-state index in [0.29, 0.717) is 39.6 Å². The average molecular weight is 381 g/mol. The van der Waals surface area contributed by atoms with Crippen LogP contribution in [-0.4, -0.2) is 25.3 Å². The van der Waals surface area contributed by atoms with Crippen molar-refractivity contribution in [1.29, 1.82) is 0 Å². The van der Waals surface area contributed by atoms with Crippen LogP contribution in [0.4, 0.5) is 4.39 Å². The van der Waals surface area contributed by atoms with Crippen LogP contribution < -0.4 is 0 Å². The quantitative estimate of drug-likeness (QED) is 0.510. The fourth-order valence-electron chi connectivity index (χ4n) is 2.44. The lowest BCUT2D eigenvalue weighted by molar-refractivity contribution is 0.391. The van der Waals surface area contributed by atoms with E-state index in [4.69, 9.17) is 4.52 Å². The summed E-state index contributed by atoms with van der Waals surface area (Å²) in [7, 11) is 0. The molecule has 0 saturated carbocycles. The Morgan fingerprint density at radius 1 is 1.04 bits per heavy atom. The summed E-state index contributed by atoms with van der Waals surface area (Å²) < 4.78 is 18.9. The van der Waals surface area contributed by atoms with Crippen LogP contribution in [0.1, 0.15) is 17.0 Å². The summed E-state index contributed by atoms with van der Waals surface area (Å²) >= 11 is 1.38. The molecule has 136 valence electrons. The molecular formula is C19H16FN5OS. The van der Waals surface area contributed by atoms with Gasteiger partial charge in [0.05, 0.1) is 5.75 Å². The van der Waals surface area contributed by atoms with Gasteiger partial charge in [-0.3, -0.25) is 5.10 Å². The van der Waals surface area contributed by atoms with Gasteiger partial charge in [-0.25, -0.2) is 9.37 Å². The summed E-state index contributed by atoms with van der Waals surface area (Å²) in [6.45, 7) is 3.74. The summed E-state index contributed by atoms with van der Waals surface area (Å²) in [6.07, 6.45) is 0. The standard InChI is InChI=1S/C19H16FN5OS/c1-11-3-6-13(7-4-11)17-22-19(24-23-17)27-10-16-21-18(25-26-16)14-8-5-12(2)15(20)9-14/h3-9H,10H2,1-2H3,(H,22,23,24). The number of nitrogens with one attached hydrogen (secondary N) is 1. The predicted molar refractivity (Wildman–Crippen MR) is 101 cm³/mol. The van der Waals surface area contributed by atoms with E-state index in [9.17, 15) is 4.39 Å². The molecule has 0 bridgehead atoms. The molecule has 0 saturated heterocycles. The third-order valence-electron chi connectivity index (χ3n) is 4.01. The van der Waals surface area contributed by atoms with E-state index in [0.717, 1.165) is 5.56 Å². The first-order valence-electron chi connectivity index (χ1n) is 8.30. The van der Waals surface area contributed by atoms with E-state index in [-0.39, 0.29) is 5.82 Å². The smallest absolute Gasteiger partial charge is 0.237 e. The van der Waals surface area contributed by atoms with E-state index in [1.54, 1.807) is 19.1 Å². The molecule has 2 aromatic carbocycles. The number of thioether (sulfide) groups is 1. The van der Waals surface area contributed by atoms with Crippen LogP contribution in [0.15, 0.2) is 52.1 Å². The second-order valence-corrected chi connectivity index (χ2v) is 7.04. The Hall–Kier alpha value is -3.00. The van der Waals surface area contributed by atoms with Gasteiger partial charge in [-0.05, 0) is 25.5 Å². The van der Waals surface area contributed by atoms with Gasteiger partial charge in [0.2, 0.25) is 16.9 Å². The molecule has 27 heavy (non-hydrogen) atoms. The molecular weight excluding hydrogens is 365 g/mol. The van der Waals surface area contributed by atoms with Gasteiger partial charge >= 0.3 is 0 Å². The highest BCUT2D eigenvalue weighted by molar-refractivity contribution is 7.98. The summed E-state index contributed by atoms with van der Waals surface area (Å²) in [5.41, 5.74) is 3.32. The second-order valence-electron chi connectivity index (χ2n) is 6.10. The number of H-pyrrole nitrogens is 1. The van der Waals surface area contributed by atoms with Crippen LogP contribution >= 0.6 is 11.8 Å². The van der Waals surface area contributed by atoms with E-state index in [1.165, 1.54) is 23.4 Å². The third kappa shape index (κ3) is 3.90. The molecule has 2 aromatic heterocycles. The Morgan fingerprint density at radius 2 is 1.81 bits per heavy atom. The molecule has 2 heterocycles. The largest absolute Gasteiger partial charge is 0.338 e. The maximum absolute atomic E-state index is 13.7. The van der Waals surface area contributed by atoms with Crippen molar-refractivity contribution < 1.29 is 8.91 Å². The molecule has 0 aliphatic rings. The number of aryl methyl sites for hydroxylation is 2. The fourth-order valence-corrected chi connectivity index (χ4v) is 3.08. The molecule has 0 amide bonds. The van der Waals surface area contributed by atoms with Gasteiger partial charge in [0.1, 0.15) is 5.82 Å². The van der Waals surface area contributed by atoms with Gasteiger partial charge in [-0.2, -0.15) is 4.98 Å². The molecule has 0 spiro atoms. The Morgan fingerprint density at radius 3 is 2.59 bits per heavy atom. The fraction of sp³-hybridized carbons (Fsp3) is 0.158. The monoisotopic (exact) mass is 381 g/mol. The van der Waals surface area contributed by atoms with Crippen LogP contribution in [-0.2, 0) is 5.75 Å². The topological polar surface area (TPSA) is 80.5 Å².